The molecule has 3 heterocycles. The number of esters is 1. The van der Waals surface area contributed by atoms with Crippen molar-refractivity contribution in [1.29, 1.82) is 0 Å². The van der Waals surface area contributed by atoms with Gasteiger partial charge in [0.15, 0.2) is 5.70 Å². The topological polar surface area (TPSA) is 83.9 Å². The molecule has 2 fully saturated rings. The molecular weight excluding hydrogens is 382 g/mol. The molecule has 0 bridgehead atoms. The van der Waals surface area contributed by atoms with Gasteiger partial charge in [0.2, 0.25) is 5.91 Å². The zero-order valence-corrected chi connectivity index (χ0v) is 16.5. The third-order valence-corrected chi connectivity index (χ3v) is 8.87. The molecule has 6 nitrogen and oxygen atoms in total. The summed E-state index contributed by atoms with van der Waals surface area (Å²) in [5, 5.41) is 9.76. The van der Waals surface area contributed by atoms with Gasteiger partial charge in [-0.2, -0.15) is 0 Å². The molecule has 0 aromatic carbocycles. The second kappa shape index (κ2) is 7.85. The van der Waals surface area contributed by atoms with E-state index in [1.165, 1.54) is 28.4 Å². The standard InChI is InChI=1S/C16H21NO5S3/c1-3-4-6-22-15(20)12-16(23-10-5-7-25(21)8-10)24-14-11(9(2)18)13(19)17(12)14/h3-4,9-11,14,18H,5-8H2,1-2H3/b4-3+/t9-,10+,11+,14-,25?/m1/s1. The van der Waals surface area contributed by atoms with E-state index in [0.29, 0.717) is 11.5 Å². The van der Waals surface area contributed by atoms with Crippen molar-refractivity contribution >= 4 is 46.2 Å². The maximum Gasteiger partial charge on any atom is 0.357 e. The molecule has 0 aliphatic carbocycles. The summed E-state index contributed by atoms with van der Waals surface area (Å²) in [6.45, 7) is 3.58. The summed E-state index contributed by atoms with van der Waals surface area (Å²) >= 11 is 2.95. The number of hydrogen-bond donors (Lipinski definition) is 1. The van der Waals surface area contributed by atoms with Crippen molar-refractivity contribution in [2.45, 2.75) is 37.0 Å². The van der Waals surface area contributed by atoms with E-state index in [-0.39, 0.29) is 28.8 Å². The van der Waals surface area contributed by atoms with E-state index in [4.69, 9.17) is 4.74 Å². The summed E-state index contributed by atoms with van der Waals surface area (Å²) in [7, 11) is -0.803. The van der Waals surface area contributed by atoms with E-state index in [0.717, 1.165) is 10.7 Å². The molecule has 0 saturated carbocycles. The highest BCUT2D eigenvalue weighted by Crippen LogP contribution is 2.55. The molecule has 0 aromatic heterocycles. The van der Waals surface area contributed by atoms with Gasteiger partial charge in [-0.1, -0.05) is 23.9 Å². The normalized spacial score (nSPS) is 32.9. The first-order valence-electron chi connectivity index (χ1n) is 8.16. The number of hydrogen-bond acceptors (Lipinski definition) is 7. The fourth-order valence-corrected chi connectivity index (χ4v) is 8.24. The molecule has 2 saturated heterocycles. The Balaban J connectivity index is 1.80. The minimum atomic E-state index is -0.803. The van der Waals surface area contributed by atoms with Crippen molar-refractivity contribution < 1.29 is 23.6 Å². The van der Waals surface area contributed by atoms with Crippen LogP contribution in [0.3, 0.4) is 0 Å². The molecule has 3 aliphatic heterocycles. The number of thioether (sulfide) groups is 2. The van der Waals surface area contributed by atoms with Gasteiger partial charge in [-0.15, -0.1) is 11.8 Å². The molecule has 0 radical (unpaired) electrons. The number of carbonyl (C=O) groups excluding carboxylic acids is 2. The first-order valence-corrected chi connectivity index (χ1v) is 11.4. The highest BCUT2D eigenvalue weighted by molar-refractivity contribution is 8.23. The number of ether oxygens (including phenoxy) is 1. The molecule has 3 rings (SSSR count). The van der Waals surface area contributed by atoms with E-state index >= 15 is 0 Å². The molecule has 0 aromatic rings. The van der Waals surface area contributed by atoms with E-state index < -0.39 is 28.8 Å². The Morgan fingerprint density at radius 3 is 2.96 bits per heavy atom. The van der Waals surface area contributed by atoms with E-state index in [9.17, 15) is 18.9 Å². The fourth-order valence-electron chi connectivity index (χ4n) is 2.99. The van der Waals surface area contributed by atoms with Crippen molar-refractivity contribution in [3.63, 3.8) is 0 Å². The van der Waals surface area contributed by atoms with Gasteiger partial charge in [0.25, 0.3) is 0 Å². The van der Waals surface area contributed by atoms with Crippen LogP contribution in [-0.2, 0) is 25.1 Å². The quantitative estimate of drug-likeness (QED) is 0.408. The minimum absolute atomic E-state index is 0.154. The molecule has 138 valence electrons. The van der Waals surface area contributed by atoms with Crippen molar-refractivity contribution in [3.8, 4) is 0 Å². The first-order chi connectivity index (χ1) is 11.9. The van der Waals surface area contributed by atoms with Crippen LogP contribution >= 0.6 is 23.5 Å². The van der Waals surface area contributed by atoms with Crippen molar-refractivity contribution in [3.05, 3.63) is 22.1 Å². The van der Waals surface area contributed by atoms with Crippen LogP contribution in [0.2, 0.25) is 0 Å². The molecule has 9 heteroatoms. The zero-order valence-electron chi connectivity index (χ0n) is 14.0. The third-order valence-electron chi connectivity index (χ3n) is 4.32. The van der Waals surface area contributed by atoms with Crippen molar-refractivity contribution in [2.24, 2.45) is 5.92 Å². The summed E-state index contributed by atoms with van der Waals surface area (Å²) in [4.78, 5) is 26.4. The summed E-state index contributed by atoms with van der Waals surface area (Å²) in [5.41, 5.74) is 0.282. The molecule has 3 aliphatic rings. The smallest absolute Gasteiger partial charge is 0.357 e. The minimum Gasteiger partial charge on any atom is -0.457 e. The maximum atomic E-state index is 12.5. The largest absolute Gasteiger partial charge is 0.457 e. The number of β-lactam (4-membered cyclic amide) rings is 1. The van der Waals surface area contributed by atoms with Gasteiger partial charge < -0.3 is 9.84 Å². The lowest BCUT2D eigenvalue weighted by Crippen LogP contribution is -2.60. The molecule has 1 amide bonds. The van der Waals surface area contributed by atoms with Gasteiger partial charge in [0.05, 0.1) is 16.3 Å². The van der Waals surface area contributed by atoms with Gasteiger partial charge in [-0.3, -0.25) is 13.9 Å². The molecule has 5 atom stereocenters. The van der Waals surface area contributed by atoms with Crippen molar-refractivity contribution in [1.82, 2.24) is 4.90 Å². The summed E-state index contributed by atoms with van der Waals surface area (Å²) in [6.07, 6.45) is 3.59. The van der Waals surface area contributed by atoms with Crippen LogP contribution < -0.4 is 0 Å². The second-order valence-electron chi connectivity index (χ2n) is 6.13. The summed E-state index contributed by atoms with van der Waals surface area (Å²) in [5.74, 6) is 0.0231. The SMILES string of the molecule is C/C=C/COC(=O)C1=C(S[C@H]2CCS(=O)C2)S[C@@H]2[C@@H]([C@@H](C)O)C(=O)N12. The monoisotopic (exact) mass is 403 g/mol. The average Bonchev–Trinajstić information content (AvgIpc) is 3.09. The number of amides is 1. The Morgan fingerprint density at radius 2 is 2.36 bits per heavy atom. The predicted octanol–water partition coefficient (Wildman–Crippen LogP) is 1.44. The molecule has 25 heavy (non-hydrogen) atoms. The van der Waals surface area contributed by atoms with Crippen molar-refractivity contribution in [2.75, 3.05) is 18.1 Å². The zero-order chi connectivity index (χ0) is 18.1. The Kier molecular flexibility index (Phi) is 5.97. The van der Waals surface area contributed by atoms with E-state index in [1.807, 2.05) is 6.92 Å². The van der Waals surface area contributed by atoms with Gasteiger partial charge in [-0.05, 0) is 20.3 Å². The van der Waals surface area contributed by atoms with Crippen LogP contribution in [0.5, 0.6) is 0 Å². The van der Waals surface area contributed by atoms with Crippen LogP contribution in [-0.4, -0.2) is 60.9 Å². The summed E-state index contributed by atoms with van der Waals surface area (Å²) < 4.78 is 17.6. The Bertz CT molecular complexity index is 660. The Morgan fingerprint density at radius 1 is 1.60 bits per heavy atom. The van der Waals surface area contributed by atoms with Gasteiger partial charge in [-0.25, -0.2) is 4.79 Å². The molecule has 0 spiro atoms. The Labute approximate surface area is 157 Å². The lowest BCUT2D eigenvalue weighted by molar-refractivity contribution is -0.157. The lowest BCUT2D eigenvalue weighted by atomic mass is 9.92. The van der Waals surface area contributed by atoms with Crippen LogP contribution in [0, 0.1) is 5.92 Å². The fraction of sp³-hybridized carbons (Fsp3) is 0.625. The average molecular weight is 404 g/mol. The van der Waals surface area contributed by atoms with Gasteiger partial charge >= 0.3 is 5.97 Å². The van der Waals surface area contributed by atoms with Crippen LogP contribution in [0.1, 0.15) is 20.3 Å². The first kappa shape index (κ1) is 19.0. The van der Waals surface area contributed by atoms with E-state index in [2.05, 4.69) is 0 Å². The van der Waals surface area contributed by atoms with E-state index in [1.54, 1.807) is 19.1 Å². The highest BCUT2D eigenvalue weighted by Gasteiger charge is 2.58. The number of fused-ring (bicyclic) bond motifs is 1. The molecule has 1 N–H and O–H groups in total. The number of aliphatic hydroxyl groups is 1. The Hall–Kier alpha value is -0.770. The highest BCUT2D eigenvalue weighted by atomic mass is 32.2. The maximum absolute atomic E-state index is 12.5. The van der Waals surface area contributed by atoms with Crippen LogP contribution in [0.25, 0.3) is 0 Å². The number of aliphatic hydroxyl groups excluding tert-OH is 1. The van der Waals surface area contributed by atoms with Gasteiger partial charge in [0.1, 0.15) is 12.0 Å². The second-order valence-corrected chi connectivity index (χ2v) is 10.4. The van der Waals surface area contributed by atoms with Crippen LogP contribution in [0.4, 0.5) is 0 Å². The number of nitrogens with zero attached hydrogens (tertiary/aromatic N) is 1. The number of allylic oxidation sites excluding steroid dienone is 1. The molecular formula is C16H21NO5S3. The summed E-state index contributed by atoms with van der Waals surface area (Å²) in [6, 6.07) is 0. The lowest BCUT2D eigenvalue weighted by Gasteiger charge is -2.43. The molecule has 1 unspecified atom stereocenters. The predicted molar refractivity (Wildman–Crippen MR) is 100 cm³/mol. The van der Waals surface area contributed by atoms with Crippen LogP contribution in [0.15, 0.2) is 22.1 Å². The van der Waals surface area contributed by atoms with Gasteiger partial charge in [0, 0.05) is 27.6 Å². The number of carbonyl (C=O) groups is 2. The third kappa shape index (κ3) is 3.70. The number of rotatable bonds is 6.